The molecule has 2 atom stereocenters. The fraction of sp³-hybridized carbons (Fsp3) is 0.333. The van der Waals surface area contributed by atoms with E-state index in [0.29, 0.717) is 16.3 Å². The lowest BCUT2D eigenvalue weighted by atomic mass is 10.1. The predicted molar refractivity (Wildman–Crippen MR) is 109 cm³/mol. The number of hydrogen-bond acceptors (Lipinski definition) is 2. The summed E-state index contributed by atoms with van der Waals surface area (Å²) in [5.74, 6) is -0.872. The van der Waals surface area contributed by atoms with Crippen LogP contribution in [0.5, 0.6) is 0 Å². The van der Waals surface area contributed by atoms with E-state index >= 15 is 0 Å². The van der Waals surface area contributed by atoms with Crippen LogP contribution in [0.3, 0.4) is 0 Å². The molecule has 0 aliphatic heterocycles. The number of likely N-dealkylation sites (N-methyl/N-ethyl adjacent to an activating group) is 2. The van der Waals surface area contributed by atoms with Gasteiger partial charge >= 0.3 is 0 Å². The monoisotopic (exact) mass is 406 g/mol. The van der Waals surface area contributed by atoms with Crippen molar-refractivity contribution in [2.45, 2.75) is 26.4 Å². The van der Waals surface area contributed by atoms with E-state index in [0.717, 1.165) is 10.5 Å². The summed E-state index contributed by atoms with van der Waals surface area (Å²) in [6.45, 7) is 3.92. The number of amides is 2. The number of benzene rings is 2. The Labute approximate surface area is 170 Å². The summed E-state index contributed by atoms with van der Waals surface area (Å²) in [6, 6.07) is 11.5. The summed E-state index contributed by atoms with van der Waals surface area (Å²) in [7, 11) is 3.38. The second kappa shape index (κ2) is 9.66. The Morgan fingerprint density at radius 3 is 2.46 bits per heavy atom. The Bertz CT molecular complexity index is 822. The third-order valence-electron chi connectivity index (χ3n) is 4.72. The van der Waals surface area contributed by atoms with Gasteiger partial charge in [0.25, 0.3) is 5.91 Å². The van der Waals surface area contributed by atoms with Crippen LogP contribution in [0.15, 0.2) is 42.5 Å². The van der Waals surface area contributed by atoms with Gasteiger partial charge in [-0.2, -0.15) is 0 Å². The van der Waals surface area contributed by atoms with Crippen molar-refractivity contribution in [3.05, 3.63) is 64.4 Å². The molecule has 2 N–H and O–H groups in total. The molecule has 150 valence electrons. The standard InChI is InChI=1S/C21H25ClFN3O2/c1-14-8-10-16(11-9-14)24-20(27)13-26(4)21(28)15(2)25(3)12-17-18(22)6-5-7-19(17)23/h5-11,15H,12-13H2,1-4H3,(H,24,27)/p+1/t15-/m1/s1. The largest absolute Gasteiger partial charge is 0.331 e. The minimum atomic E-state index is -0.465. The van der Waals surface area contributed by atoms with Crippen LogP contribution in [-0.2, 0) is 16.1 Å². The molecule has 0 aliphatic carbocycles. The third kappa shape index (κ3) is 5.78. The van der Waals surface area contributed by atoms with E-state index in [-0.39, 0.29) is 24.9 Å². The zero-order chi connectivity index (χ0) is 20.8. The number of quaternary nitrogens is 1. The maximum Gasteiger partial charge on any atom is 0.280 e. The maximum atomic E-state index is 14.0. The zero-order valence-electron chi connectivity index (χ0n) is 16.6. The smallest absolute Gasteiger partial charge is 0.280 e. The van der Waals surface area contributed by atoms with Crippen molar-refractivity contribution in [3.63, 3.8) is 0 Å². The van der Waals surface area contributed by atoms with Crippen molar-refractivity contribution in [1.82, 2.24) is 4.90 Å². The first-order chi connectivity index (χ1) is 13.2. The van der Waals surface area contributed by atoms with E-state index in [9.17, 15) is 14.0 Å². The number of aryl methyl sites for hydroxylation is 1. The highest BCUT2D eigenvalue weighted by Crippen LogP contribution is 2.17. The normalized spacial score (nSPS) is 12.9. The quantitative estimate of drug-likeness (QED) is 0.741. The molecule has 0 bridgehead atoms. The summed E-state index contributed by atoms with van der Waals surface area (Å²) in [5, 5.41) is 3.11. The van der Waals surface area contributed by atoms with E-state index < -0.39 is 11.9 Å². The lowest BCUT2D eigenvalue weighted by molar-refractivity contribution is -0.908. The van der Waals surface area contributed by atoms with E-state index in [2.05, 4.69) is 5.32 Å². The van der Waals surface area contributed by atoms with Crippen LogP contribution in [0.4, 0.5) is 10.1 Å². The van der Waals surface area contributed by atoms with Crippen LogP contribution in [-0.4, -0.2) is 43.4 Å². The molecule has 0 saturated heterocycles. The van der Waals surface area contributed by atoms with E-state index in [1.807, 2.05) is 31.2 Å². The second-order valence-corrected chi connectivity index (χ2v) is 7.46. The number of hydrogen-bond donors (Lipinski definition) is 2. The van der Waals surface area contributed by atoms with Gasteiger partial charge in [-0.25, -0.2) is 4.39 Å². The molecule has 2 rings (SSSR count). The van der Waals surface area contributed by atoms with Crippen molar-refractivity contribution in [3.8, 4) is 0 Å². The number of nitrogens with zero attached hydrogens (tertiary/aromatic N) is 1. The highest BCUT2D eigenvalue weighted by molar-refractivity contribution is 6.31. The van der Waals surface area contributed by atoms with Crippen LogP contribution in [0.2, 0.25) is 5.02 Å². The molecule has 2 aromatic rings. The number of anilines is 1. The molecule has 5 nitrogen and oxygen atoms in total. The van der Waals surface area contributed by atoms with Gasteiger partial charge in [-0.1, -0.05) is 35.4 Å². The summed E-state index contributed by atoms with van der Waals surface area (Å²) in [6.07, 6.45) is 0. The van der Waals surface area contributed by atoms with Gasteiger partial charge in [0.2, 0.25) is 5.91 Å². The van der Waals surface area contributed by atoms with Crippen LogP contribution in [0.1, 0.15) is 18.1 Å². The van der Waals surface area contributed by atoms with Crippen LogP contribution < -0.4 is 10.2 Å². The average Bonchev–Trinajstić information content (AvgIpc) is 2.65. The molecule has 1 unspecified atom stereocenters. The summed E-state index contributed by atoms with van der Waals surface area (Å²) >= 11 is 6.07. The Hall–Kier alpha value is -2.44. The van der Waals surface area contributed by atoms with Gasteiger partial charge in [0, 0.05) is 12.7 Å². The number of carbonyl (C=O) groups excluding carboxylic acids is 2. The highest BCUT2D eigenvalue weighted by Gasteiger charge is 2.27. The molecular weight excluding hydrogens is 381 g/mol. The molecule has 2 amide bonds. The zero-order valence-corrected chi connectivity index (χ0v) is 17.3. The predicted octanol–water partition coefficient (Wildman–Crippen LogP) is 2.29. The topological polar surface area (TPSA) is 53.9 Å². The van der Waals surface area contributed by atoms with E-state index in [1.54, 1.807) is 33.2 Å². The summed E-state index contributed by atoms with van der Waals surface area (Å²) in [5.41, 5.74) is 2.16. The first-order valence-corrected chi connectivity index (χ1v) is 9.43. The molecule has 0 aliphatic rings. The molecule has 2 aromatic carbocycles. The number of halogens is 2. The molecule has 0 heterocycles. The minimum Gasteiger partial charge on any atom is -0.331 e. The molecule has 7 heteroatoms. The molecular formula is C21H26ClFN3O2+. The molecule has 0 fully saturated rings. The lowest BCUT2D eigenvalue weighted by Crippen LogP contribution is -3.12. The van der Waals surface area contributed by atoms with Gasteiger partial charge in [0.1, 0.15) is 12.4 Å². The Morgan fingerprint density at radius 1 is 1.21 bits per heavy atom. The first kappa shape index (κ1) is 21.9. The highest BCUT2D eigenvalue weighted by atomic mass is 35.5. The summed E-state index contributed by atoms with van der Waals surface area (Å²) < 4.78 is 14.0. The molecule has 28 heavy (non-hydrogen) atoms. The number of nitrogens with one attached hydrogen (secondary N) is 2. The molecule has 0 aromatic heterocycles. The maximum absolute atomic E-state index is 14.0. The van der Waals surface area contributed by atoms with Crippen molar-refractivity contribution < 1.29 is 18.9 Å². The van der Waals surface area contributed by atoms with Crippen molar-refractivity contribution in [2.24, 2.45) is 0 Å². The lowest BCUT2D eigenvalue weighted by Gasteiger charge is -2.26. The van der Waals surface area contributed by atoms with Crippen LogP contribution in [0.25, 0.3) is 0 Å². The van der Waals surface area contributed by atoms with Gasteiger partial charge in [-0.3, -0.25) is 9.59 Å². The molecule has 0 saturated carbocycles. The second-order valence-electron chi connectivity index (χ2n) is 7.05. The molecule has 0 spiro atoms. The van der Waals surface area contributed by atoms with E-state index in [4.69, 9.17) is 11.6 Å². The van der Waals surface area contributed by atoms with Crippen LogP contribution >= 0.6 is 11.6 Å². The van der Waals surface area contributed by atoms with Crippen molar-refractivity contribution in [1.29, 1.82) is 0 Å². The van der Waals surface area contributed by atoms with Gasteiger partial charge in [-0.05, 0) is 38.1 Å². The summed E-state index contributed by atoms with van der Waals surface area (Å²) in [4.78, 5) is 27.0. The first-order valence-electron chi connectivity index (χ1n) is 9.05. The van der Waals surface area contributed by atoms with Gasteiger partial charge in [0.15, 0.2) is 6.04 Å². The minimum absolute atomic E-state index is 0.0647. The van der Waals surface area contributed by atoms with Gasteiger partial charge in [-0.15, -0.1) is 0 Å². The fourth-order valence-corrected chi connectivity index (χ4v) is 3.04. The number of rotatable bonds is 7. The Kier molecular flexibility index (Phi) is 7.54. The van der Waals surface area contributed by atoms with E-state index in [1.165, 1.54) is 11.0 Å². The van der Waals surface area contributed by atoms with Crippen LogP contribution in [0, 0.1) is 12.7 Å². The number of carbonyl (C=O) groups is 2. The van der Waals surface area contributed by atoms with Gasteiger partial charge in [0.05, 0.1) is 24.2 Å². The SMILES string of the molecule is Cc1ccc(NC(=O)CN(C)C(=O)[C@@H](C)[NH+](C)Cc2c(F)cccc2Cl)cc1. The van der Waals surface area contributed by atoms with Crippen molar-refractivity contribution >= 4 is 29.1 Å². The Morgan fingerprint density at radius 2 is 1.86 bits per heavy atom. The molecule has 0 radical (unpaired) electrons. The Balaban J connectivity index is 1.93. The van der Waals surface area contributed by atoms with Crippen molar-refractivity contribution in [2.75, 3.05) is 26.0 Å². The average molecular weight is 407 g/mol. The van der Waals surface area contributed by atoms with Gasteiger partial charge < -0.3 is 15.1 Å². The third-order valence-corrected chi connectivity index (χ3v) is 5.07. The fourth-order valence-electron chi connectivity index (χ4n) is 2.81.